The molecule has 0 saturated carbocycles. The summed E-state index contributed by atoms with van der Waals surface area (Å²) in [5.41, 5.74) is 4.06. The van der Waals surface area contributed by atoms with Crippen molar-refractivity contribution in [3.63, 3.8) is 0 Å². The number of para-hydroxylation sites is 2. The monoisotopic (exact) mass is 460 g/mol. The Bertz CT molecular complexity index is 1290. The van der Waals surface area contributed by atoms with Crippen LogP contribution in [0.3, 0.4) is 0 Å². The number of aryl methyl sites for hydroxylation is 2. The summed E-state index contributed by atoms with van der Waals surface area (Å²) >= 11 is 0. The van der Waals surface area contributed by atoms with Gasteiger partial charge in [0.05, 0.1) is 0 Å². The second kappa shape index (κ2) is 10.1. The van der Waals surface area contributed by atoms with Crippen molar-refractivity contribution < 1.29 is 9.47 Å². The first-order chi connectivity index (χ1) is 17.1. The van der Waals surface area contributed by atoms with E-state index in [0.29, 0.717) is 17.4 Å². The number of benzene rings is 4. The number of hydrogen-bond acceptors (Lipinski definition) is 6. The van der Waals surface area contributed by atoms with Crippen LogP contribution in [0.5, 0.6) is 23.5 Å². The molecular formula is C29H24N4O2. The van der Waals surface area contributed by atoms with Gasteiger partial charge in [-0.15, -0.1) is 4.98 Å². The molecule has 0 unspecified atom stereocenters. The van der Waals surface area contributed by atoms with E-state index >= 15 is 0 Å². The van der Waals surface area contributed by atoms with Crippen molar-refractivity contribution >= 4 is 17.3 Å². The Labute approximate surface area is 204 Å². The summed E-state index contributed by atoms with van der Waals surface area (Å²) in [5.74, 6) is 1.63. The van der Waals surface area contributed by atoms with E-state index in [9.17, 15) is 0 Å². The number of rotatable bonds is 7. The molecule has 0 N–H and O–H groups in total. The molecule has 6 heteroatoms. The van der Waals surface area contributed by atoms with Crippen molar-refractivity contribution in [3.05, 3.63) is 120 Å². The zero-order valence-electron chi connectivity index (χ0n) is 19.5. The van der Waals surface area contributed by atoms with E-state index in [1.54, 1.807) is 0 Å². The molecule has 0 fully saturated rings. The third kappa shape index (κ3) is 5.45. The maximum absolute atomic E-state index is 6.02. The minimum Gasteiger partial charge on any atom is -0.424 e. The van der Waals surface area contributed by atoms with Gasteiger partial charge in [0, 0.05) is 11.4 Å². The average molecular weight is 461 g/mol. The zero-order valence-corrected chi connectivity index (χ0v) is 19.5. The summed E-state index contributed by atoms with van der Waals surface area (Å²) in [6, 6.07) is 35.5. The summed E-state index contributed by atoms with van der Waals surface area (Å²) in [5, 5.41) is 0. The second-order valence-corrected chi connectivity index (χ2v) is 8.04. The van der Waals surface area contributed by atoms with Gasteiger partial charge >= 0.3 is 12.0 Å². The van der Waals surface area contributed by atoms with Crippen LogP contribution >= 0.6 is 0 Å². The van der Waals surface area contributed by atoms with E-state index in [1.807, 2.05) is 128 Å². The van der Waals surface area contributed by atoms with Crippen molar-refractivity contribution in [1.82, 2.24) is 15.0 Å². The molecule has 4 aromatic carbocycles. The van der Waals surface area contributed by atoms with Crippen molar-refractivity contribution in [3.8, 4) is 23.5 Å². The van der Waals surface area contributed by atoms with Crippen LogP contribution in [-0.4, -0.2) is 15.0 Å². The van der Waals surface area contributed by atoms with Crippen molar-refractivity contribution in [2.24, 2.45) is 0 Å². The third-order valence-corrected chi connectivity index (χ3v) is 5.27. The predicted molar refractivity (Wildman–Crippen MR) is 137 cm³/mol. The number of hydrogen-bond donors (Lipinski definition) is 0. The van der Waals surface area contributed by atoms with Gasteiger partial charge in [0.2, 0.25) is 5.95 Å². The molecule has 0 saturated heterocycles. The lowest BCUT2D eigenvalue weighted by Crippen LogP contribution is -2.14. The average Bonchev–Trinajstić information content (AvgIpc) is 2.88. The van der Waals surface area contributed by atoms with E-state index < -0.39 is 0 Å². The van der Waals surface area contributed by atoms with Crippen LogP contribution in [0.25, 0.3) is 0 Å². The van der Waals surface area contributed by atoms with Crippen molar-refractivity contribution in [2.75, 3.05) is 4.90 Å². The lowest BCUT2D eigenvalue weighted by Gasteiger charge is -2.23. The fourth-order valence-electron chi connectivity index (χ4n) is 3.48. The van der Waals surface area contributed by atoms with Crippen LogP contribution in [0, 0.1) is 13.8 Å². The topological polar surface area (TPSA) is 60.4 Å². The number of ether oxygens (including phenoxy) is 2. The highest BCUT2D eigenvalue weighted by Gasteiger charge is 2.19. The Morgan fingerprint density at radius 1 is 0.486 bits per heavy atom. The van der Waals surface area contributed by atoms with Gasteiger partial charge in [0.25, 0.3) is 0 Å². The molecule has 0 atom stereocenters. The van der Waals surface area contributed by atoms with E-state index in [-0.39, 0.29) is 12.0 Å². The molecule has 0 aliphatic rings. The molecule has 1 aromatic heterocycles. The number of nitrogens with zero attached hydrogens (tertiary/aromatic N) is 4. The normalized spacial score (nSPS) is 10.6. The highest BCUT2D eigenvalue weighted by Crippen LogP contribution is 2.34. The summed E-state index contributed by atoms with van der Waals surface area (Å²) in [4.78, 5) is 15.7. The summed E-state index contributed by atoms with van der Waals surface area (Å²) in [6.45, 7) is 4.05. The van der Waals surface area contributed by atoms with Crippen LogP contribution in [0.15, 0.2) is 109 Å². The molecule has 172 valence electrons. The van der Waals surface area contributed by atoms with Crippen molar-refractivity contribution in [2.45, 2.75) is 13.8 Å². The molecule has 0 aliphatic heterocycles. The van der Waals surface area contributed by atoms with Crippen LogP contribution in [-0.2, 0) is 0 Å². The lowest BCUT2D eigenvalue weighted by atomic mass is 10.2. The molecule has 0 spiro atoms. The molecule has 6 nitrogen and oxygen atoms in total. The van der Waals surface area contributed by atoms with Crippen LogP contribution in [0.2, 0.25) is 0 Å². The first kappa shape index (κ1) is 22.1. The Kier molecular flexibility index (Phi) is 6.35. The van der Waals surface area contributed by atoms with Gasteiger partial charge in [-0.05, 0) is 62.4 Å². The third-order valence-electron chi connectivity index (χ3n) is 5.27. The molecule has 0 amide bonds. The molecule has 0 bridgehead atoms. The highest BCUT2D eigenvalue weighted by atomic mass is 16.5. The number of aromatic nitrogens is 3. The fourth-order valence-corrected chi connectivity index (χ4v) is 3.48. The predicted octanol–water partition coefficient (Wildman–Crippen LogP) is 7.54. The molecule has 5 aromatic rings. The Hall–Kier alpha value is -4.71. The molecule has 0 radical (unpaired) electrons. The minimum absolute atomic E-state index is 0.137. The maximum atomic E-state index is 6.02. The molecular weight excluding hydrogens is 436 g/mol. The SMILES string of the molecule is Cc1ccc(Oc2nc(Oc3ccc(C)cc3)nc(N(c3ccccc3)c3ccccc3)n2)cc1. The van der Waals surface area contributed by atoms with Gasteiger partial charge in [-0.1, -0.05) is 71.8 Å². The van der Waals surface area contributed by atoms with E-state index in [0.717, 1.165) is 22.5 Å². The highest BCUT2D eigenvalue weighted by molar-refractivity contribution is 5.72. The van der Waals surface area contributed by atoms with Crippen LogP contribution < -0.4 is 14.4 Å². The maximum Gasteiger partial charge on any atom is 0.330 e. The first-order valence-corrected chi connectivity index (χ1v) is 11.3. The van der Waals surface area contributed by atoms with Gasteiger partial charge in [-0.25, -0.2) is 0 Å². The number of anilines is 3. The Balaban J connectivity index is 1.60. The van der Waals surface area contributed by atoms with Gasteiger partial charge in [0.15, 0.2) is 0 Å². The van der Waals surface area contributed by atoms with Crippen LogP contribution in [0.4, 0.5) is 17.3 Å². The lowest BCUT2D eigenvalue weighted by molar-refractivity contribution is 0.398. The first-order valence-electron chi connectivity index (χ1n) is 11.3. The van der Waals surface area contributed by atoms with Crippen molar-refractivity contribution in [1.29, 1.82) is 0 Å². The van der Waals surface area contributed by atoms with Crippen LogP contribution in [0.1, 0.15) is 11.1 Å². The van der Waals surface area contributed by atoms with Gasteiger partial charge < -0.3 is 9.47 Å². The largest absolute Gasteiger partial charge is 0.424 e. The Morgan fingerprint density at radius 2 is 0.886 bits per heavy atom. The van der Waals surface area contributed by atoms with E-state index in [1.165, 1.54) is 0 Å². The summed E-state index contributed by atoms with van der Waals surface area (Å²) < 4.78 is 12.0. The summed E-state index contributed by atoms with van der Waals surface area (Å²) in [6.07, 6.45) is 0. The zero-order chi connectivity index (χ0) is 24.0. The Morgan fingerprint density at radius 3 is 1.29 bits per heavy atom. The second-order valence-electron chi connectivity index (χ2n) is 8.04. The van der Waals surface area contributed by atoms with Gasteiger partial charge in [-0.2, -0.15) is 9.97 Å². The molecule has 35 heavy (non-hydrogen) atoms. The van der Waals surface area contributed by atoms with E-state index in [2.05, 4.69) is 15.0 Å². The van der Waals surface area contributed by atoms with Gasteiger partial charge in [0.1, 0.15) is 11.5 Å². The van der Waals surface area contributed by atoms with E-state index in [4.69, 9.17) is 9.47 Å². The fraction of sp³-hybridized carbons (Fsp3) is 0.0690. The standard InChI is InChI=1S/C29H24N4O2/c1-21-13-17-25(18-14-21)34-28-30-27(31-29(32-28)35-26-19-15-22(2)16-20-26)33(23-9-5-3-6-10-23)24-11-7-4-8-12-24/h3-20H,1-2H3. The van der Waals surface area contributed by atoms with Gasteiger partial charge in [-0.3, -0.25) is 4.90 Å². The smallest absolute Gasteiger partial charge is 0.330 e. The quantitative estimate of drug-likeness (QED) is 0.250. The summed E-state index contributed by atoms with van der Waals surface area (Å²) in [7, 11) is 0. The molecule has 0 aliphatic carbocycles. The molecule has 1 heterocycles. The minimum atomic E-state index is 0.137. The molecule has 5 rings (SSSR count).